The predicted octanol–water partition coefficient (Wildman–Crippen LogP) is 4.81. The summed E-state index contributed by atoms with van der Waals surface area (Å²) in [5, 5.41) is 3.25. The number of hydrogen-bond donors (Lipinski definition) is 1. The van der Waals surface area contributed by atoms with Gasteiger partial charge in [-0.25, -0.2) is 13.2 Å². The van der Waals surface area contributed by atoms with Crippen molar-refractivity contribution in [2.24, 2.45) is 11.8 Å². The fourth-order valence-electron chi connectivity index (χ4n) is 4.98. The Morgan fingerprint density at radius 3 is 2.26 bits per heavy atom. The highest BCUT2D eigenvalue weighted by atomic mass is 19.2. The highest BCUT2D eigenvalue weighted by Crippen LogP contribution is 2.30. The first-order valence-corrected chi connectivity index (χ1v) is 11.8. The lowest BCUT2D eigenvalue weighted by Gasteiger charge is -2.35. The zero-order valence-corrected chi connectivity index (χ0v) is 18.1. The molecule has 3 aliphatic rings. The number of amides is 1. The topological polar surface area (TPSA) is 41.6 Å². The Labute approximate surface area is 182 Å². The van der Waals surface area contributed by atoms with Crippen LogP contribution in [0.2, 0.25) is 0 Å². The SMILES string of the molecule is O=C(NC1CCC(CCN2CCC(Oc3cc(F)c(F)cc3F)CC2)CC1)C1CCC1. The molecule has 1 saturated heterocycles. The maximum atomic E-state index is 13.8. The van der Waals surface area contributed by atoms with E-state index in [-0.39, 0.29) is 23.7 Å². The van der Waals surface area contributed by atoms with Gasteiger partial charge in [-0.3, -0.25) is 4.79 Å². The van der Waals surface area contributed by atoms with Gasteiger partial charge in [-0.05, 0) is 70.3 Å². The molecule has 1 aromatic rings. The van der Waals surface area contributed by atoms with Crippen LogP contribution in [0.3, 0.4) is 0 Å². The largest absolute Gasteiger partial charge is 0.487 e. The van der Waals surface area contributed by atoms with Crippen LogP contribution in [0.4, 0.5) is 13.2 Å². The fourth-order valence-corrected chi connectivity index (χ4v) is 4.98. The Balaban J connectivity index is 1.12. The molecule has 0 unspecified atom stereocenters. The van der Waals surface area contributed by atoms with Gasteiger partial charge in [0.05, 0.1) is 0 Å². The number of benzene rings is 1. The van der Waals surface area contributed by atoms with E-state index in [2.05, 4.69) is 10.2 Å². The third-order valence-corrected chi connectivity index (χ3v) is 7.33. The third-order valence-electron chi connectivity index (χ3n) is 7.33. The van der Waals surface area contributed by atoms with Crippen LogP contribution in [0.15, 0.2) is 12.1 Å². The van der Waals surface area contributed by atoms with Gasteiger partial charge in [0.25, 0.3) is 0 Å². The Bertz CT molecular complexity index is 755. The molecular formula is C24H33F3N2O2. The maximum absolute atomic E-state index is 13.8. The summed E-state index contributed by atoms with van der Waals surface area (Å²) in [7, 11) is 0. The zero-order chi connectivity index (χ0) is 21.8. The first-order valence-electron chi connectivity index (χ1n) is 11.8. The summed E-state index contributed by atoms with van der Waals surface area (Å²) in [5.74, 6) is -2.12. The van der Waals surface area contributed by atoms with E-state index in [0.29, 0.717) is 18.0 Å². The van der Waals surface area contributed by atoms with Crippen molar-refractivity contribution in [3.63, 3.8) is 0 Å². The highest BCUT2D eigenvalue weighted by molar-refractivity contribution is 5.79. The van der Waals surface area contributed by atoms with Crippen molar-refractivity contribution in [3.8, 4) is 5.75 Å². The molecule has 0 atom stereocenters. The molecule has 0 spiro atoms. The minimum Gasteiger partial charge on any atom is -0.487 e. The second kappa shape index (κ2) is 10.2. The molecule has 7 heteroatoms. The number of hydrogen-bond acceptors (Lipinski definition) is 3. The summed E-state index contributed by atoms with van der Waals surface area (Å²) in [6, 6.07) is 1.68. The molecule has 1 aliphatic heterocycles. The molecule has 4 rings (SSSR count). The van der Waals surface area contributed by atoms with Crippen molar-refractivity contribution < 1.29 is 22.7 Å². The molecule has 1 aromatic carbocycles. The van der Waals surface area contributed by atoms with E-state index in [1.807, 2.05) is 0 Å². The average Bonchev–Trinajstić information content (AvgIpc) is 2.71. The Morgan fingerprint density at radius 2 is 1.61 bits per heavy atom. The van der Waals surface area contributed by atoms with Gasteiger partial charge in [0, 0.05) is 37.2 Å². The third kappa shape index (κ3) is 5.93. The molecule has 2 saturated carbocycles. The van der Waals surface area contributed by atoms with E-state index < -0.39 is 17.5 Å². The van der Waals surface area contributed by atoms with Gasteiger partial charge < -0.3 is 15.0 Å². The van der Waals surface area contributed by atoms with E-state index in [0.717, 1.165) is 70.6 Å². The molecule has 31 heavy (non-hydrogen) atoms. The van der Waals surface area contributed by atoms with Crippen LogP contribution in [0, 0.1) is 29.3 Å². The number of carbonyl (C=O) groups is 1. The number of likely N-dealkylation sites (tertiary alicyclic amines) is 1. The Kier molecular flexibility index (Phi) is 7.41. The minimum absolute atomic E-state index is 0.176. The van der Waals surface area contributed by atoms with Crippen LogP contribution in [-0.4, -0.2) is 42.6 Å². The standard InChI is InChI=1S/C24H33F3N2O2/c25-20-14-22(27)23(15-21(20)26)31-19-9-12-29(13-10-19)11-8-16-4-6-18(7-5-16)28-24(30)17-2-1-3-17/h14-19H,1-13H2,(H,28,30). The number of halogens is 3. The lowest BCUT2D eigenvalue weighted by atomic mass is 9.82. The summed E-state index contributed by atoms with van der Waals surface area (Å²) < 4.78 is 45.8. The fraction of sp³-hybridized carbons (Fsp3) is 0.708. The predicted molar refractivity (Wildman–Crippen MR) is 112 cm³/mol. The van der Waals surface area contributed by atoms with Crippen LogP contribution in [-0.2, 0) is 4.79 Å². The van der Waals surface area contributed by atoms with E-state index in [9.17, 15) is 18.0 Å². The van der Waals surface area contributed by atoms with E-state index in [1.165, 1.54) is 19.3 Å². The second-order valence-electron chi connectivity index (χ2n) is 9.50. The molecule has 0 aromatic heterocycles. The number of ether oxygens (including phenoxy) is 1. The summed E-state index contributed by atoms with van der Waals surface area (Å²) >= 11 is 0. The van der Waals surface area contributed by atoms with Gasteiger partial charge >= 0.3 is 0 Å². The van der Waals surface area contributed by atoms with Gasteiger partial charge in [-0.15, -0.1) is 0 Å². The molecule has 3 fully saturated rings. The smallest absolute Gasteiger partial charge is 0.223 e. The van der Waals surface area contributed by atoms with E-state index >= 15 is 0 Å². The van der Waals surface area contributed by atoms with Gasteiger partial charge in [-0.2, -0.15) is 0 Å². The first-order chi connectivity index (χ1) is 15.0. The lowest BCUT2D eigenvalue weighted by molar-refractivity contribution is -0.128. The van der Waals surface area contributed by atoms with Gasteiger partial charge in [-0.1, -0.05) is 6.42 Å². The van der Waals surface area contributed by atoms with Crippen molar-refractivity contribution in [2.45, 2.75) is 76.4 Å². The number of piperidine rings is 1. The van der Waals surface area contributed by atoms with Crippen LogP contribution in [0.1, 0.15) is 64.2 Å². The summed E-state index contributed by atoms with van der Waals surface area (Å²) in [5.41, 5.74) is 0. The molecular weight excluding hydrogens is 405 g/mol. The van der Waals surface area contributed by atoms with Crippen molar-refractivity contribution >= 4 is 5.91 Å². The molecule has 172 valence electrons. The van der Waals surface area contributed by atoms with E-state index in [1.54, 1.807) is 0 Å². The number of rotatable bonds is 7. The Hall–Kier alpha value is -1.76. The van der Waals surface area contributed by atoms with E-state index in [4.69, 9.17) is 4.74 Å². The van der Waals surface area contributed by atoms with Crippen LogP contribution >= 0.6 is 0 Å². The first kappa shape index (κ1) is 22.4. The number of nitrogens with one attached hydrogen (secondary N) is 1. The normalized spacial score (nSPS) is 25.8. The zero-order valence-electron chi connectivity index (χ0n) is 18.1. The van der Waals surface area contributed by atoms with Crippen LogP contribution in [0.5, 0.6) is 5.75 Å². The summed E-state index contributed by atoms with van der Waals surface area (Å²) in [6.07, 6.45) is 10.3. The number of nitrogens with zero attached hydrogens (tertiary/aromatic N) is 1. The molecule has 0 bridgehead atoms. The van der Waals surface area contributed by atoms with Gasteiger partial charge in [0.15, 0.2) is 23.2 Å². The van der Waals surface area contributed by atoms with Crippen LogP contribution < -0.4 is 10.1 Å². The van der Waals surface area contributed by atoms with Gasteiger partial charge in [0.2, 0.25) is 5.91 Å². The molecule has 0 radical (unpaired) electrons. The number of carbonyl (C=O) groups excluding carboxylic acids is 1. The lowest BCUT2D eigenvalue weighted by Crippen LogP contribution is -2.43. The van der Waals surface area contributed by atoms with Crippen LogP contribution in [0.25, 0.3) is 0 Å². The molecule has 2 aliphatic carbocycles. The maximum Gasteiger partial charge on any atom is 0.223 e. The average molecular weight is 439 g/mol. The minimum atomic E-state index is -1.20. The Morgan fingerprint density at radius 1 is 0.935 bits per heavy atom. The van der Waals surface area contributed by atoms with Crippen molar-refractivity contribution in [1.29, 1.82) is 0 Å². The van der Waals surface area contributed by atoms with Crippen molar-refractivity contribution in [1.82, 2.24) is 10.2 Å². The van der Waals surface area contributed by atoms with Crippen molar-refractivity contribution in [2.75, 3.05) is 19.6 Å². The molecule has 1 N–H and O–H groups in total. The quantitative estimate of drug-likeness (QED) is 0.621. The molecule has 4 nitrogen and oxygen atoms in total. The second-order valence-corrected chi connectivity index (χ2v) is 9.50. The highest BCUT2D eigenvalue weighted by Gasteiger charge is 2.29. The van der Waals surface area contributed by atoms with Crippen molar-refractivity contribution in [3.05, 3.63) is 29.6 Å². The summed E-state index contributed by atoms with van der Waals surface area (Å²) in [6.45, 7) is 2.77. The van der Waals surface area contributed by atoms with Gasteiger partial charge in [0.1, 0.15) is 6.10 Å². The molecule has 1 heterocycles. The monoisotopic (exact) mass is 438 g/mol. The molecule has 1 amide bonds. The summed E-state index contributed by atoms with van der Waals surface area (Å²) in [4.78, 5) is 14.5.